The summed E-state index contributed by atoms with van der Waals surface area (Å²) in [7, 11) is 0. The average Bonchev–Trinajstić information content (AvgIpc) is 3.28. The van der Waals surface area contributed by atoms with Crippen LogP contribution in [0.5, 0.6) is 0 Å². The number of benzene rings is 2. The van der Waals surface area contributed by atoms with Crippen LogP contribution in [0, 0.1) is 0 Å². The summed E-state index contributed by atoms with van der Waals surface area (Å²) in [6, 6.07) is 19.0. The van der Waals surface area contributed by atoms with Gasteiger partial charge in [0.05, 0.1) is 15.2 Å². The van der Waals surface area contributed by atoms with E-state index in [4.69, 9.17) is 0 Å². The maximum atomic E-state index is 12.3. The third-order valence-electron chi connectivity index (χ3n) is 5.02. The molecule has 0 aliphatic carbocycles. The van der Waals surface area contributed by atoms with Crippen LogP contribution in [0.1, 0.15) is 29.8 Å². The predicted molar refractivity (Wildman–Crippen MR) is 111 cm³/mol. The molecular formula is C22H25N3OS. The van der Waals surface area contributed by atoms with Crippen LogP contribution in [0.25, 0.3) is 10.2 Å². The maximum Gasteiger partial charge on any atom is 0.220 e. The Labute approximate surface area is 164 Å². The first-order chi connectivity index (χ1) is 13.3. The number of hydrogen-bond acceptors (Lipinski definition) is 4. The number of aryl methyl sites for hydroxylation is 1. The zero-order valence-electron chi connectivity index (χ0n) is 15.4. The van der Waals surface area contributed by atoms with Gasteiger partial charge in [-0.1, -0.05) is 42.5 Å². The van der Waals surface area contributed by atoms with Crippen LogP contribution in [0.15, 0.2) is 54.6 Å². The van der Waals surface area contributed by atoms with Crippen LogP contribution in [0.3, 0.4) is 0 Å². The molecule has 5 heteroatoms. The minimum Gasteiger partial charge on any atom is -0.352 e. The lowest BCUT2D eigenvalue weighted by molar-refractivity contribution is -0.121. The molecule has 4 nitrogen and oxygen atoms in total. The molecule has 0 radical (unpaired) electrons. The number of para-hydroxylation sites is 1. The van der Waals surface area contributed by atoms with E-state index in [0.717, 1.165) is 49.4 Å². The molecule has 0 spiro atoms. The lowest BCUT2D eigenvalue weighted by Crippen LogP contribution is -2.36. The second kappa shape index (κ2) is 8.63. The number of likely N-dealkylation sites (tertiary alicyclic amines) is 1. The topological polar surface area (TPSA) is 45.2 Å². The van der Waals surface area contributed by atoms with E-state index in [2.05, 4.69) is 45.5 Å². The minimum absolute atomic E-state index is 0.169. The van der Waals surface area contributed by atoms with Crippen LogP contribution in [-0.4, -0.2) is 34.9 Å². The Kier molecular flexibility index (Phi) is 5.80. The van der Waals surface area contributed by atoms with Gasteiger partial charge >= 0.3 is 0 Å². The SMILES string of the molecule is O=C(CCCc1nc2ccccc2s1)N[C@@H]1CCN(Cc2ccccc2)C1. The molecule has 1 aliphatic rings. The first-order valence-electron chi connectivity index (χ1n) is 9.66. The second-order valence-corrected chi connectivity index (χ2v) is 8.32. The quantitative estimate of drug-likeness (QED) is 0.675. The van der Waals surface area contributed by atoms with Gasteiger partial charge in [-0.15, -0.1) is 11.3 Å². The minimum atomic E-state index is 0.169. The van der Waals surface area contributed by atoms with E-state index in [-0.39, 0.29) is 11.9 Å². The number of fused-ring (bicyclic) bond motifs is 1. The fraction of sp³-hybridized carbons (Fsp3) is 0.364. The van der Waals surface area contributed by atoms with Crippen molar-refractivity contribution < 1.29 is 4.79 Å². The van der Waals surface area contributed by atoms with Crippen LogP contribution in [0.4, 0.5) is 0 Å². The molecule has 1 N–H and O–H groups in total. The van der Waals surface area contributed by atoms with Crippen molar-refractivity contribution >= 4 is 27.5 Å². The highest BCUT2D eigenvalue weighted by molar-refractivity contribution is 7.18. The molecule has 2 heterocycles. The average molecular weight is 380 g/mol. The van der Waals surface area contributed by atoms with Crippen LogP contribution in [0.2, 0.25) is 0 Å². The molecule has 2 aromatic carbocycles. The van der Waals surface area contributed by atoms with Crippen molar-refractivity contribution in [1.29, 1.82) is 0 Å². The van der Waals surface area contributed by atoms with Gasteiger partial charge < -0.3 is 5.32 Å². The summed E-state index contributed by atoms with van der Waals surface area (Å²) in [5.41, 5.74) is 2.40. The maximum absolute atomic E-state index is 12.3. The van der Waals surface area contributed by atoms with E-state index < -0.39 is 0 Å². The van der Waals surface area contributed by atoms with E-state index in [1.165, 1.54) is 10.3 Å². The standard InChI is InChI=1S/C22H25N3OS/c26-21(11-6-12-22-24-19-9-4-5-10-20(19)27-22)23-18-13-14-25(16-18)15-17-7-2-1-3-8-17/h1-5,7-10,18H,6,11-16H2,(H,23,26)/t18-/m1/s1. The highest BCUT2D eigenvalue weighted by atomic mass is 32.1. The Bertz CT molecular complexity index is 860. The van der Waals surface area contributed by atoms with E-state index >= 15 is 0 Å². The van der Waals surface area contributed by atoms with Gasteiger partial charge in [0.15, 0.2) is 0 Å². The fourth-order valence-corrected chi connectivity index (χ4v) is 4.67. The molecule has 0 unspecified atom stereocenters. The van der Waals surface area contributed by atoms with Crippen molar-refractivity contribution in [2.24, 2.45) is 0 Å². The fourth-order valence-electron chi connectivity index (χ4n) is 3.66. The molecule has 0 bridgehead atoms. The largest absolute Gasteiger partial charge is 0.352 e. The van der Waals surface area contributed by atoms with Gasteiger partial charge in [0.1, 0.15) is 0 Å². The molecule has 1 atom stereocenters. The Balaban J connectivity index is 1.18. The first-order valence-corrected chi connectivity index (χ1v) is 10.5. The summed E-state index contributed by atoms with van der Waals surface area (Å²) in [5, 5.41) is 4.33. The second-order valence-electron chi connectivity index (χ2n) is 7.20. The highest BCUT2D eigenvalue weighted by Gasteiger charge is 2.23. The van der Waals surface area contributed by atoms with Gasteiger partial charge in [-0.25, -0.2) is 4.98 Å². The zero-order chi connectivity index (χ0) is 18.5. The highest BCUT2D eigenvalue weighted by Crippen LogP contribution is 2.22. The van der Waals surface area contributed by atoms with E-state index in [0.29, 0.717) is 6.42 Å². The summed E-state index contributed by atoms with van der Waals surface area (Å²) < 4.78 is 1.22. The number of carbonyl (C=O) groups is 1. The zero-order valence-corrected chi connectivity index (χ0v) is 16.3. The van der Waals surface area contributed by atoms with Gasteiger partial charge in [-0.3, -0.25) is 9.69 Å². The Morgan fingerprint density at radius 1 is 1.15 bits per heavy atom. The molecule has 1 aromatic heterocycles. The smallest absolute Gasteiger partial charge is 0.220 e. The van der Waals surface area contributed by atoms with Crippen molar-refractivity contribution in [2.45, 2.75) is 38.3 Å². The summed E-state index contributed by atoms with van der Waals surface area (Å²) in [6.07, 6.45) is 3.34. The summed E-state index contributed by atoms with van der Waals surface area (Å²) in [4.78, 5) is 19.3. The molecular weight excluding hydrogens is 354 g/mol. The summed E-state index contributed by atoms with van der Waals surface area (Å²) >= 11 is 1.73. The summed E-state index contributed by atoms with van der Waals surface area (Å²) in [5.74, 6) is 0.169. The number of carbonyl (C=O) groups excluding carboxylic acids is 1. The number of rotatable bonds is 7. The molecule has 27 heavy (non-hydrogen) atoms. The van der Waals surface area contributed by atoms with Crippen LogP contribution in [-0.2, 0) is 17.8 Å². The lowest BCUT2D eigenvalue weighted by atomic mass is 10.2. The van der Waals surface area contributed by atoms with Crippen molar-refractivity contribution in [1.82, 2.24) is 15.2 Å². The van der Waals surface area contributed by atoms with Gasteiger partial charge in [0.25, 0.3) is 0 Å². The van der Waals surface area contributed by atoms with Crippen molar-refractivity contribution in [3.63, 3.8) is 0 Å². The predicted octanol–water partition coefficient (Wildman–Crippen LogP) is 4.01. The molecule has 0 saturated carbocycles. The molecule has 3 aromatic rings. The summed E-state index contributed by atoms with van der Waals surface area (Å²) in [6.45, 7) is 2.95. The molecule has 4 rings (SSSR count). The molecule has 1 amide bonds. The Morgan fingerprint density at radius 2 is 1.96 bits per heavy atom. The third kappa shape index (κ3) is 4.93. The Morgan fingerprint density at radius 3 is 2.81 bits per heavy atom. The molecule has 1 fully saturated rings. The molecule has 1 saturated heterocycles. The van der Waals surface area contributed by atoms with Gasteiger partial charge in [0.2, 0.25) is 5.91 Å². The number of hydrogen-bond donors (Lipinski definition) is 1. The van der Waals surface area contributed by atoms with Gasteiger partial charge in [-0.2, -0.15) is 0 Å². The van der Waals surface area contributed by atoms with Crippen LogP contribution >= 0.6 is 11.3 Å². The van der Waals surface area contributed by atoms with E-state index in [1.54, 1.807) is 11.3 Å². The van der Waals surface area contributed by atoms with Gasteiger partial charge in [-0.05, 0) is 37.0 Å². The lowest BCUT2D eigenvalue weighted by Gasteiger charge is -2.16. The van der Waals surface area contributed by atoms with Crippen molar-refractivity contribution in [2.75, 3.05) is 13.1 Å². The van der Waals surface area contributed by atoms with Crippen molar-refractivity contribution in [3.8, 4) is 0 Å². The number of nitrogens with zero attached hydrogens (tertiary/aromatic N) is 2. The number of thiazole rings is 1. The number of aromatic nitrogens is 1. The normalized spacial score (nSPS) is 17.4. The van der Waals surface area contributed by atoms with Gasteiger partial charge in [0, 0.05) is 32.1 Å². The number of nitrogens with one attached hydrogen (secondary N) is 1. The van der Waals surface area contributed by atoms with E-state index in [9.17, 15) is 4.79 Å². The van der Waals surface area contributed by atoms with Crippen LogP contribution < -0.4 is 5.32 Å². The molecule has 140 valence electrons. The monoisotopic (exact) mass is 379 g/mol. The Hall–Kier alpha value is -2.24. The number of amides is 1. The van der Waals surface area contributed by atoms with E-state index in [1.807, 2.05) is 24.3 Å². The third-order valence-corrected chi connectivity index (χ3v) is 6.12. The molecule has 1 aliphatic heterocycles. The van der Waals surface area contributed by atoms with Crippen molar-refractivity contribution in [3.05, 3.63) is 65.2 Å². The first kappa shape index (κ1) is 18.1.